The lowest BCUT2D eigenvalue weighted by molar-refractivity contribution is -0.129. The van der Waals surface area contributed by atoms with E-state index in [0.29, 0.717) is 5.82 Å². The number of likely N-dealkylation sites (tertiary alicyclic amines) is 1. The summed E-state index contributed by atoms with van der Waals surface area (Å²) in [5.74, 6) is 1.47. The standard InChI is InChI=1S/C16H19N5O/c1-11-5-3-7-14(19-11)20-16-15(17-8-9-18-16)13-6-4-10-21(13)12(2)22/h3,5,7-9,13H,4,6,10H2,1-2H3,(H,18,19,20). The van der Waals surface area contributed by atoms with Crippen LogP contribution in [0.25, 0.3) is 0 Å². The molecule has 6 heteroatoms. The van der Waals surface area contributed by atoms with Crippen molar-refractivity contribution in [1.82, 2.24) is 19.9 Å². The van der Waals surface area contributed by atoms with Crippen LogP contribution in [-0.4, -0.2) is 32.3 Å². The number of carbonyl (C=O) groups is 1. The third-order valence-corrected chi connectivity index (χ3v) is 3.83. The quantitative estimate of drug-likeness (QED) is 0.943. The Bertz CT molecular complexity index is 688. The second-order valence-electron chi connectivity index (χ2n) is 5.45. The van der Waals surface area contributed by atoms with Gasteiger partial charge in [-0.2, -0.15) is 0 Å². The fourth-order valence-corrected chi connectivity index (χ4v) is 2.85. The molecule has 1 atom stereocenters. The molecule has 2 aromatic heterocycles. The molecule has 3 rings (SSSR count). The van der Waals surface area contributed by atoms with E-state index in [4.69, 9.17) is 0 Å². The monoisotopic (exact) mass is 297 g/mol. The van der Waals surface area contributed by atoms with E-state index in [2.05, 4.69) is 20.3 Å². The Morgan fingerprint density at radius 3 is 2.91 bits per heavy atom. The Balaban J connectivity index is 1.91. The van der Waals surface area contributed by atoms with E-state index in [1.165, 1.54) is 0 Å². The molecule has 22 heavy (non-hydrogen) atoms. The third kappa shape index (κ3) is 2.90. The molecule has 0 aromatic carbocycles. The van der Waals surface area contributed by atoms with Crippen LogP contribution in [0.5, 0.6) is 0 Å². The van der Waals surface area contributed by atoms with Crippen molar-refractivity contribution in [3.63, 3.8) is 0 Å². The molecule has 114 valence electrons. The maximum Gasteiger partial charge on any atom is 0.220 e. The first-order valence-electron chi connectivity index (χ1n) is 7.44. The van der Waals surface area contributed by atoms with Crippen LogP contribution >= 0.6 is 0 Å². The first-order chi connectivity index (χ1) is 10.6. The number of aromatic nitrogens is 3. The second kappa shape index (κ2) is 6.09. The van der Waals surface area contributed by atoms with Gasteiger partial charge in [0, 0.05) is 31.6 Å². The van der Waals surface area contributed by atoms with Crippen molar-refractivity contribution < 1.29 is 4.79 Å². The van der Waals surface area contributed by atoms with Gasteiger partial charge in [0.15, 0.2) is 5.82 Å². The van der Waals surface area contributed by atoms with Gasteiger partial charge in [-0.05, 0) is 31.9 Å². The first kappa shape index (κ1) is 14.4. The molecule has 0 spiro atoms. The summed E-state index contributed by atoms with van der Waals surface area (Å²) in [6, 6.07) is 5.76. The molecule has 1 unspecified atom stereocenters. The molecular formula is C16H19N5O. The van der Waals surface area contributed by atoms with Crippen LogP contribution in [0.3, 0.4) is 0 Å². The highest BCUT2D eigenvalue weighted by Gasteiger charge is 2.31. The summed E-state index contributed by atoms with van der Waals surface area (Å²) in [4.78, 5) is 26.9. The normalized spacial score (nSPS) is 17.5. The molecule has 6 nitrogen and oxygen atoms in total. The summed E-state index contributed by atoms with van der Waals surface area (Å²) in [7, 11) is 0. The van der Waals surface area contributed by atoms with E-state index < -0.39 is 0 Å². The molecule has 1 N–H and O–H groups in total. The fraction of sp³-hybridized carbons (Fsp3) is 0.375. The van der Waals surface area contributed by atoms with Crippen molar-refractivity contribution in [2.75, 3.05) is 11.9 Å². The molecule has 2 aromatic rings. The van der Waals surface area contributed by atoms with Crippen molar-refractivity contribution in [2.45, 2.75) is 32.7 Å². The Morgan fingerprint density at radius 1 is 1.32 bits per heavy atom. The number of amides is 1. The van der Waals surface area contributed by atoms with Gasteiger partial charge < -0.3 is 10.2 Å². The van der Waals surface area contributed by atoms with Crippen molar-refractivity contribution in [3.8, 4) is 0 Å². The van der Waals surface area contributed by atoms with Crippen molar-refractivity contribution in [1.29, 1.82) is 0 Å². The van der Waals surface area contributed by atoms with Crippen molar-refractivity contribution >= 4 is 17.5 Å². The maximum absolute atomic E-state index is 11.8. The van der Waals surface area contributed by atoms with Gasteiger partial charge in [0.1, 0.15) is 11.5 Å². The second-order valence-corrected chi connectivity index (χ2v) is 5.45. The summed E-state index contributed by atoms with van der Waals surface area (Å²) in [5.41, 5.74) is 1.74. The smallest absolute Gasteiger partial charge is 0.220 e. The number of nitrogens with zero attached hydrogens (tertiary/aromatic N) is 4. The number of hydrogen-bond donors (Lipinski definition) is 1. The Labute approximate surface area is 129 Å². The van der Waals surface area contributed by atoms with Crippen LogP contribution in [0.15, 0.2) is 30.6 Å². The first-order valence-corrected chi connectivity index (χ1v) is 7.44. The fourth-order valence-electron chi connectivity index (χ4n) is 2.85. The molecule has 3 heterocycles. The van der Waals surface area contributed by atoms with Gasteiger partial charge in [-0.25, -0.2) is 9.97 Å². The van der Waals surface area contributed by atoms with Crippen molar-refractivity contribution in [2.24, 2.45) is 0 Å². The van der Waals surface area contributed by atoms with Gasteiger partial charge >= 0.3 is 0 Å². The van der Waals surface area contributed by atoms with E-state index >= 15 is 0 Å². The summed E-state index contributed by atoms with van der Waals surface area (Å²) in [5, 5.41) is 3.23. The summed E-state index contributed by atoms with van der Waals surface area (Å²) in [6.45, 7) is 4.32. The van der Waals surface area contributed by atoms with E-state index in [-0.39, 0.29) is 11.9 Å². The van der Waals surface area contributed by atoms with Gasteiger partial charge in [0.05, 0.1) is 6.04 Å². The zero-order valence-corrected chi connectivity index (χ0v) is 12.8. The van der Waals surface area contributed by atoms with E-state index in [1.807, 2.05) is 30.0 Å². The van der Waals surface area contributed by atoms with Crippen LogP contribution in [0.1, 0.15) is 37.2 Å². The van der Waals surface area contributed by atoms with E-state index in [9.17, 15) is 4.79 Å². The predicted octanol–water partition coefficient (Wildman–Crippen LogP) is 2.61. The number of pyridine rings is 1. The van der Waals surface area contributed by atoms with Gasteiger partial charge in [-0.1, -0.05) is 6.07 Å². The van der Waals surface area contributed by atoms with Gasteiger partial charge in [0.2, 0.25) is 5.91 Å². The Kier molecular flexibility index (Phi) is 4.00. The van der Waals surface area contributed by atoms with Gasteiger partial charge in [-0.15, -0.1) is 0 Å². The number of carbonyl (C=O) groups excluding carboxylic acids is 1. The van der Waals surface area contributed by atoms with Gasteiger partial charge in [0.25, 0.3) is 0 Å². The molecule has 0 saturated carbocycles. The van der Waals surface area contributed by atoms with Crippen LogP contribution in [0, 0.1) is 6.92 Å². The zero-order valence-electron chi connectivity index (χ0n) is 12.8. The number of hydrogen-bond acceptors (Lipinski definition) is 5. The van der Waals surface area contributed by atoms with Crippen LogP contribution in [-0.2, 0) is 4.79 Å². The summed E-state index contributed by atoms with van der Waals surface area (Å²) in [6.07, 6.45) is 5.21. The molecule has 0 radical (unpaired) electrons. The van der Waals surface area contributed by atoms with Crippen LogP contribution < -0.4 is 5.32 Å². The minimum atomic E-state index is -0.0153. The van der Waals surface area contributed by atoms with E-state index in [1.54, 1.807) is 19.3 Å². The number of aryl methyl sites for hydroxylation is 1. The summed E-state index contributed by atoms with van der Waals surface area (Å²) >= 11 is 0. The largest absolute Gasteiger partial charge is 0.334 e. The lowest BCUT2D eigenvalue weighted by Gasteiger charge is -2.24. The lowest BCUT2D eigenvalue weighted by Crippen LogP contribution is -2.29. The van der Waals surface area contributed by atoms with Gasteiger partial charge in [-0.3, -0.25) is 9.78 Å². The zero-order chi connectivity index (χ0) is 15.5. The molecular weight excluding hydrogens is 278 g/mol. The summed E-state index contributed by atoms with van der Waals surface area (Å²) < 4.78 is 0. The van der Waals surface area contributed by atoms with Crippen molar-refractivity contribution in [3.05, 3.63) is 42.0 Å². The molecule has 1 aliphatic rings. The van der Waals surface area contributed by atoms with E-state index in [0.717, 1.165) is 36.6 Å². The Morgan fingerprint density at radius 2 is 2.14 bits per heavy atom. The van der Waals surface area contributed by atoms with Crippen LogP contribution in [0.2, 0.25) is 0 Å². The minimum Gasteiger partial charge on any atom is -0.334 e. The number of nitrogens with one attached hydrogen (secondary N) is 1. The highest BCUT2D eigenvalue weighted by molar-refractivity contribution is 5.74. The average molecular weight is 297 g/mol. The van der Waals surface area contributed by atoms with Crippen LogP contribution in [0.4, 0.5) is 11.6 Å². The Hall–Kier alpha value is -2.50. The highest BCUT2D eigenvalue weighted by Crippen LogP contribution is 2.34. The maximum atomic E-state index is 11.8. The third-order valence-electron chi connectivity index (χ3n) is 3.83. The molecule has 0 aliphatic carbocycles. The molecule has 1 aliphatic heterocycles. The molecule has 1 amide bonds. The lowest BCUT2D eigenvalue weighted by atomic mass is 10.1. The molecule has 1 saturated heterocycles. The SMILES string of the molecule is CC(=O)N1CCCC1c1nccnc1Nc1cccc(C)n1. The number of anilines is 2. The topological polar surface area (TPSA) is 71.0 Å². The number of rotatable bonds is 3. The highest BCUT2D eigenvalue weighted by atomic mass is 16.2. The molecule has 0 bridgehead atoms. The minimum absolute atomic E-state index is 0.0153. The average Bonchev–Trinajstić information content (AvgIpc) is 2.97. The molecule has 1 fully saturated rings. The predicted molar refractivity (Wildman–Crippen MR) is 83.7 cm³/mol.